The summed E-state index contributed by atoms with van der Waals surface area (Å²) in [6.07, 6.45) is 1.60. The molecule has 1 atom stereocenters. The first kappa shape index (κ1) is 8.73. The third-order valence-electron chi connectivity index (χ3n) is 1.18. The van der Waals surface area contributed by atoms with Crippen molar-refractivity contribution in [2.45, 2.75) is 6.10 Å². The largest absolute Gasteiger partial charge is 0.478 e. The quantitative estimate of drug-likeness (QED) is 0.353. The Morgan fingerprint density at radius 1 is 1.58 bits per heavy atom. The van der Waals surface area contributed by atoms with Gasteiger partial charge in [-0.1, -0.05) is 0 Å². The normalized spacial score (nSPS) is 20.8. The monoisotopic (exact) mass is 172 g/mol. The number of epoxide rings is 1. The Balaban J connectivity index is 2.13. The standard InChI is InChI=1S/C7H8O5/c8-6(9)1-2-7(10)12-4-5-3-11-5/h1-2,5H,3-4H2,(H,8,9)/b2-1-. The molecule has 0 aromatic heterocycles. The lowest BCUT2D eigenvalue weighted by Crippen LogP contribution is -2.07. The Bertz CT molecular complexity index is 216. The van der Waals surface area contributed by atoms with E-state index in [1.807, 2.05) is 0 Å². The summed E-state index contributed by atoms with van der Waals surface area (Å²) >= 11 is 0. The van der Waals surface area contributed by atoms with Gasteiger partial charge in [0.2, 0.25) is 0 Å². The first-order chi connectivity index (χ1) is 5.68. The molecule has 0 saturated carbocycles. The molecule has 1 aliphatic rings. The maximum Gasteiger partial charge on any atom is 0.331 e. The molecule has 1 heterocycles. The van der Waals surface area contributed by atoms with Crippen LogP contribution in [0.3, 0.4) is 0 Å². The first-order valence-corrected chi connectivity index (χ1v) is 3.38. The summed E-state index contributed by atoms with van der Waals surface area (Å²) in [7, 11) is 0. The number of hydrogen-bond donors (Lipinski definition) is 1. The van der Waals surface area contributed by atoms with Gasteiger partial charge >= 0.3 is 11.9 Å². The predicted molar refractivity (Wildman–Crippen MR) is 37.5 cm³/mol. The number of hydrogen-bond acceptors (Lipinski definition) is 4. The molecule has 0 aromatic rings. The van der Waals surface area contributed by atoms with Crippen LogP contribution in [-0.4, -0.2) is 36.4 Å². The highest BCUT2D eigenvalue weighted by Gasteiger charge is 2.23. The molecule has 1 fully saturated rings. The van der Waals surface area contributed by atoms with Gasteiger partial charge in [-0.05, 0) is 0 Å². The minimum absolute atomic E-state index is 0.00665. The lowest BCUT2D eigenvalue weighted by Gasteiger charge is -1.95. The van der Waals surface area contributed by atoms with E-state index in [4.69, 9.17) is 9.84 Å². The lowest BCUT2D eigenvalue weighted by atomic mass is 10.5. The summed E-state index contributed by atoms with van der Waals surface area (Å²) < 4.78 is 9.37. The molecular formula is C7H8O5. The molecule has 66 valence electrons. The van der Waals surface area contributed by atoms with E-state index in [9.17, 15) is 9.59 Å². The van der Waals surface area contributed by atoms with Crippen molar-refractivity contribution in [3.8, 4) is 0 Å². The topological polar surface area (TPSA) is 76.1 Å². The third kappa shape index (κ3) is 3.72. The van der Waals surface area contributed by atoms with E-state index in [1.54, 1.807) is 0 Å². The van der Waals surface area contributed by atoms with Gasteiger partial charge in [0.1, 0.15) is 12.7 Å². The molecule has 0 bridgehead atoms. The van der Waals surface area contributed by atoms with Gasteiger partial charge in [0.25, 0.3) is 0 Å². The van der Waals surface area contributed by atoms with E-state index < -0.39 is 11.9 Å². The van der Waals surface area contributed by atoms with Crippen molar-refractivity contribution in [1.29, 1.82) is 0 Å². The molecule has 0 amide bonds. The van der Waals surface area contributed by atoms with Crippen LogP contribution in [0.25, 0.3) is 0 Å². The van der Waals surface area contributed by atoms with Gasteiger partial charge in [-0.3, -0.25) is 0 Å². The first-order valence-electron chi connectivity index (χ1n) is 3.38. The van der Waals surface area contributed by atoms with E-state index in [0.717, 1.165) is 12.2 Å². The van der Waals surface area contributed by atoms with Crippen molar-refractivity contribution in [3.63, 3.8) is 0 Å². The molecule has 5 nitrogen and oxygen atoms in total. The van der Waals surface area contributed by atoms with Crippen molar-refractivity contribution in [3.05, 3.63) is 12.2 Å². The summed E-state index contributed by atoms with van der Waals surface area (Å²) in [5.41, 5.74) is 0. The molecular weight excluding hydrogens is 164 g/mol. The number of carboxylic acid groups (broad SMARTS) is 1. The molecule has 0 aromatic carbocycles. The van der Waals surface area contributed by atoms with Crippen LogP contribution in [0.2, 0.25) is 0 Å². The maximum atomic E-state index is 10.7. The van der Waals surface area contributed by atoms with Crippen molar-refractivity contribution < 1.29 is 24.2 Å². The smallest absolute Gasteiger partial charge is 0.331 e. The minimum atomic E-state index is -1.17. The Labute approximate surface area is 68.6 Å². The number of carbonyl (C=O) groups excluding carboxylic acids is 1. The maximum absolute atomic E-state index is 10.7. The van der Waals surface area contributed by atoms with Crippen LogP contribution in [0.1, 0.15) is 0 Å². The minimum Gasteiger partial charge on any atom is -0.478 e. The Morgan fingerprint density at radius 2 is 2.25 bits per heavy atom. The SMILES string of the molecule is O=C(O)/C=C\C(=O)OCC1CO1. The molecule has 12 heavy (non-hydrogen) atoms. The van der Waals surface area contributed by atoms with Gasteiger partial charge in [0.15, 0.2) is 0 Å². The van der Waals surface area contributed by atoms with Gasteiger partial charge < -0.3 is 14.6 Å². The van der Waals surface area contributed by atoms with E-state index in [1.165, 1.54) is 0 Å². The fourth-order valence-corrected chi connectivity index (χ4v) is 0.527. The molecule has 1 rings (SSSR count). The molecule has 1 N–H and O–H groups in total. The number of aliphatic carboxylic acids is 1. The zero-order valence-corrected chi connectivity index (χ0v) is 6.23. The lowest BCUT2D eigenvalue weighted by molar-refractivity contribution is -0.139. The number of rotatable bonds is 4. The number of esters is 1. The van der Waals surface area contributed by atoms with Crippen LogP contribution in [0, 0.1) is 0 Å². The summed E-state index contributed by atoms with van der Waals surface area (Å²) in [4.78, 5) is 20.6. The third-order valence-corrected chi connectivity index (χ3v) is 1.18. The second kappa shape index (κ2) is 3.87. The highest BCUT2D eigenvalue weighted by Crippen LogP contribution is 2.08. The zero-order chi connectivity index (χ0) is 8.97. The van der Waals surface area contributed by atoms with E-state index in [0.29, 0.717) is 6.61 Å². The molecule has 1 unspecified atom stereocenters. The molecule has 1 saturated heterocycles. The van der Waals surface area contributed by atoms with Crippen LogP contribution in [0.15, 0.2) is 12.2 Å². The zero-order valence-electron chi connectivity index (χ0n) is 6.23. The molecule has 5 heteroatoms. The van der Waals surface area contributed by atoms with E-state index in [-0.39, 0.29) is 12.7 Å². The summed E-state index contributed by atoms with van der Waals surface area (Å²) in [6, 6.07) is 0. The van der Waals surface area contributed by atoms with Gasteiger partial charge in [-0.2, -0.15) is 0 Å². The van der Waals surface area contributed by atoms with Crippen molar-refractivity contribution in [2.75, 3.05) is 13.2 Å². The van der Waals surface area contributed by atoms with Gasteiger partial charge in [-0.15, -0.1) is 0 Å². The van der Waals surface area contributed by atoms with E-state index in [2.05, 4.69) is 4.74 Å². The Morgan fingerprint density at radius 3 is 2.75 bits per heavy atom. The van der Waals surface area contributed by atoms with Crippen molar-refractivity contribution in [1.82, 2.24) is 0 Å². The Kier molecular flexibility index (Phi) is 2.82. The van der Waals surface area contributed by atoms with Gasteiger partial charge in [-0.25, -0.2) is 9.59 Å². The van der Waals surface area contributed by atoms with Gasteiger partial charge in [0.05, 0.1) is 6.61 Å². The molecule has 0 radical (unpaired) electrons. The second-order valence-corrected chi connectivity index (χ2v) is 2.26. The molecule has 1 aliphatic heterocycles. The van der Waals surface area contributed by atoms with Crippen LogP contribution >= 0.6 is 0 Å². The fraction of sp³-hybridized carbons (Fsp3) is 0.429. The average Bonchev–Trinajstić information content (AvgIpc) is 2.80. The second-order valence-electron chi connectivity index (χ2n) is 2.26. The van der Waals surface area contributed by atoms with Gasteiger partial charge in [0, 0.05) is 12.2 Å². The molecule has 0 aliphatic carbocycles. The van der Waals surface area contributed by atoms with Crippen LogP contribution in [-0.2, 0) is 19.1 Å². The fourth-order valence-electron chi connectivity index (χ4n) is 0.527. The van der Waals surface area contributed by atoms with E-state index >= 15 is 0 Å². The van der Waals surface area contributed by atoms with Crippen LogP contribution in [0.4, 0.5) is 0 Å². The highest BCUT2D eigenvalue weighted by atomic mass is 16.6. The number of ether oxygens (including phenoxy) is 2. The van der Waals surface area contributed by atoms with Crippen molar-refractivity contribution in [2.24, 2.45) is 0 Å². The number of carboxylic acids is 1. The summed E-state index contributed by atoms with van der Waals surface area (Å²) in [5, 5.41) is 8.13. The van der Waals surface area contributed by atoms with Crippen LogP contribution in [0.5, 0.6) is 0 Å². The van der Waals surface area contributed by atoms with Crippen molar-refractivity contribution >= 4 is 11.9 Å². The molecule has 0 spiro atoms. The highest BCUT2D eigenvalue weighted by molar-refractivity contribution is 5.90. The summed E-state index contributed by atoms with van der Waals surface area (Å²) in [5.74, 6) is -1.83. The van der Waals surface area contributed by atoms with Crippen LogP contribution < -0.4 is 0 Å². The summed E-state index contributed by atoms with van der Waals surface area (Å²) in [6.45, 7) is 0.804. The average molecular weight is 172 g/mol. The number of carbonyl (C=O) groups is 2. The predicted octanol–water partition coefficient (Wildman–Crippen LogP) is -0.431. The Hall–Kier alpha value is -1.36.